The van der Waals surface area contributed by atoms with Crippen LogP contribution < -0.4 is 19.1 Å². The number of carbonyl (C=O) groups excluding carboxylic acids is 2. The zero-order valence-corrected chi connectivity index (χ0v) is 19.7. The van der Waals surface area contributed by atoms with Gasteiger partial charge in [-0.1, -0.05) is 29.8 Å². The Hall–Kier alpha value is -4.26. The maximum atomic E-state index is 13.4. The van der Waals surface area contributed by atoms with E-state index in [0.29, 0.717) is 47.3 Å². The molecule has 0 spiro atoms. The van der Waals surface area contributed by atoms with Gasteiger partial charge in [-0.3, -0.25) is 14.5 Å². The number of aliphatic hydroxyl groups is 1. The van der Waals surface area contributed by atoms with Gasteiger partial charge in [0.15, 0.2) is 11.5 Å². The van der Waals surface area contributed by atoms with Crippen LogP contribution in [0.2, 0.25) is 0 Å². The standard InChI is InChI=1S/C28H25NO6/c1-16-4-10-21(17(2)14-16)29-25(18-5-8-20(33-3)9-6-18)24(27(31)28(29)32)26(30)19-7-11-22-23(15-19)35-13-12-34-22/h4-11,14-15,25,30H,12-13H2,1-3H3/b26-24-. The summed E-state index contributed by atoms with van der Waals surface area (Å²) in [6.45, 7) is 4.69. The lowest BCUT2D eigenvalue weighted by atomic mass is 9.94. The van der Waals surface area contributed by atoms with Crippen LogP contribution in [0, 0.1) is 13.8 Å². The number of nitrogens with zero attached hydrogens (tertiary/aromatic N) is 1. The summed E-state index contributed by atoms with van der Waals surface area (Å²) in [7, 11) is 1.57. The van der Waals surface area contributed by atoms with Gasteiger partial charge < -0.3 is 19.3 Å². The fourth-order valence-electron chi connectivity index (χ4n) is 4.60. The second-order valence-electron chi connectivity index (χ2n) is 8.59. The van der Waals surface area contributed by atoms with E-state index in [-0.39, 0.29) is 11.3 Å². The number of ketones is 1. The van der Waals surface area contributed by atoms with Crippen molar-refractivity contribution in [2.45, 2.75) is 19.9 Å². The highest BCUT2D eigenvalue weighted by Gasteiger charge is 2.47. The first-order chi connectivity index (χ1) is 16.9. The molecule has 1 unspecified atom stereocenters. The molecule has 3 aromatic carbocycles. The monoisotopic (exact) mass is 471 g/mol. The summed E-state index contributed by atoms with van der Waals surface area (Å²) in [6, 6.07) is 16.9. The van der Waals surface area contributed by atoms with Crippen molar-refractivity contribution in [3.8, 4) is 17.2 Å². The van der Waals surface area contributed by atoms with Crippen molar-refractivity contribution < 1.29 is 28.9 Å². The molecule has 1 saturated heterocycles. The van der Waals surface area contributed by atoms with E-state index in [4.69, 9.17) is 14.2 Å². The Bertz CT molecular complexity index is 1360. The van der Waals surface area contributed by atoms with E-state index in [0.717, 1.165) is 11.1 Å². The van der Waals surface area contributed by atoms with E-state index in [1.807, 2.05) is 32.0 Å². The first-order valence-corrected chi connectivity index (χ1v) is 11.3. The van der Waals surface area contributed by atoms with Crippen LogP contribution in [0.5, 0.6) is 17.2 Å². The van der Waals surface area contributed by atoms with Crippen LogP contribution in [0.3, 0.4) is 0 Å². The fraction of sp³-hybridized carbons (Fsp3) is 0.214. The van der Waals surface area contributed by atoms with Crippen LogP contribution in [-0.4, -0.2) is 37.1 Å². The largest absolute Gasteiger partial charge is 0.507 e. The zero-order chi connectivity index (χ0) is 24.7. The molecule has 1 fully saturated rings. The van der Waals surface area contributed by atoms with Gasteiger partial charge in [0.1, 0.15) is 24.7 Å². The van der Waals surface area contributed by atoms with E-state index < -0.39 is 17.7 Å². The van der Waals surface area contributed by atoms with E-state index >= 15 is 0 Å². The quantitative estimate of drug-likeness (QED) is 0.337. The number of amides is 1. The first kappa shape index (κ1) is 22.5. The minimum absolute atomic E-state index is 0.0109. The molecule has 2 aliphatic rings. The molecule has 0 aliphatic carbocycles. The van der Waals surface area contributed by atoms with Crippen molar-refractivity contribution in [3.05, 3.63) is 88.5 Å². The molecule has 2 aliphatic heterocycles. The Morgan fingerprint density at radius 2 is 1.66 bits per heavy atom. The predicted octanol–water partition coefficient (Wildman–Crippen LogP) is 4.71. The zero-order valence-electron chi connectivity index (χ0n) is 19.7. The van der Waals surface area contributed by atoms with Crippen molar-refractivity contribution in [2.24, 2.45) is 0 Å². The average molecular weight is 472 g/mol. The highest BCUT2D eigenvalue weighted by Crippen LogP contribution is 2.44. The van der Waals surface area contributed by atoms with Gasteiger partial charge in [-0.15, -0.1) is 0 Å². The third-order valence-electron chi connectivity index (χ3n) is 6.30. The van der Waals surface area contributed by atoms with Gasteiger partial charge in [0.25, 0.3) is 11.7 Å². The number of Topliss-reactive ketones (excluding diaryl/α,β-unsaturated/α-hetero) is 1. The van der Waals surface area contributed by atoms with Gasteiger partial charge in [0.2, 0.25) is 0 Å². The van der Waals surface area contributed by atoms with Crippen LogP contribution >= 0.6 is 0 Å². The van der Waals surface area contributed by atoms with E-state index in [2.05, 4.69) is 0 Å². The third-order valence-corrected chi connectivity index (χ3v) is 6.30. The molecular weight excluding hydrogens is 446 g/mol. The topological polar surface area (TPSA) is 85.3 Å². The molecule has 2 heterocycles. The summed E-state index contributed by atoms with van der Waals surface area (Å²) in [6.07, 6.45) is 0. The number of benzene rings is 3. The minimum Gasteiger partial charge on any atom is -0.507 e. The van der Waals surface area contributed by atoms with E-state index in [9.17, 15) is 14.7 Å². The number of fused-ring (bicyclic) bond motifs is 1. The van der Waals surface area contributed by atoms with Gasteiger partial charge in [0, 0.05) is 11.3 Å². The lowest BCUT2D eigenvalue weighted by molar-refractivity contribution is -0.132. The fourth-order valence-corrected chi connectivity index (χ4v) is 4.60. The normalized spacial score (nSPS) is 18.6. The number of rotatable bonds is 4. The van der Waals surface area contributed by atoms with Gasteiger partial charge >= 0.3 is 0 Å². The Labute approximate surface area is 203 Å². The number of hydrogen-bond donors (Lipinski definition) is 1. The van der Waals surface area contributed by atoms with Crippen molar-refractivity contribution in [2.75, 3.05) is 25.2 Å². The smallest absolute Gasteiger partial charge is 0.300 e. The molecule has 5 rings (SSSR count). The van der Waals surface area contributed by atoms with Crippen LogP contribution in [0.1, 0.15) is 28.3 Å². The molecule has 0 aromatic heterocycles. The third kappa shape index (κ3) is 3.89. The Morgan fingerprint density at radius 1 is 0.943 bits per heavy atom. The molecule has 1 amide bonds. The maximum Gasteiger partial charge on any atom is 0.300 e. The lowest BCUT2D eigenvalue weighted by Gasteiger charge is -2.27. The molecule has 0 radical (unpaired) electrons. The molecule has 1 atom stereocenters. The molecule has 0 bridgehead atoms. The number of aliphatic hydroxyl groups excluding tert-OH is 1. The van der Waals surface area contributed by atoms with E-state index in [1.54, 1.807) is 49.6 Å². The number of methoxy groups -OCH3 is 1. The summed E-state index contributed by atoms with van der Waals surface area (Å²) >= 11 is 0. The summed E-state index contributed by atoms with van der Waals surface area (Å²) in [5.41, 5.74) is 3.55. The summed E-state index contributed by atoms with van der Waals surface area (Å²) in [5, 5.41) is 11.4. The summed E-state index contributed by atoms with van der Waals surface area (Å²) in [4.78, 5) is 28.2. The molecule has 7 nitrogen and oxygen atoms in total. The number of carbonyl (C=O) groups is 2. The van der Waals surface area contributed by atoms with Crippen LogP contribution in [0.4, 0.5) is 5.69 Å². The van der Waals surface area contributed by atoms with Crippen LogP contribution in [0.15, 0.2) is 66.2 Å². The number of anilines is 1. The van der Waals surface area contributed by atoms with Gasteiger partial charge in [-0.05, 0) is 61.4 Å². The van der Waals surface area contributed by atoms with Gasteiger partial charge in [-0.2, -0.15) is 0 Å². The molecule has 7 heteroatoms. The van der Waals surface area contributed by atoms with Crippen molar-refractivity contribution in [1.29, 1.82) is 0 Å². The summed E-state index contributed by atoms with van der Waals surface area (Å²) < 4.78 is 16.5. The van der Waals surface area contributed by atoms with Crippen molar-refractivity contribution in [3.63, 3.8) is 0 Å². The maximum absolute atomic E-state index is 13.4. The Balaban J connectivity index is 1.70. The minimum atomic E-state index is -0.824. The molecule has 1 N–H and O–H groups in total. The second kappa shape index (κ2) is 8.83. The molecule has 3 aromatic rings. The highest BCUT2D eigenvalue weighted by atomic mass is 16.6. The van der Waals surface area contributed by atoms with Gasteiger partial charge in [-0.25, -0.2) is 0 Å². The Kier molecular flexibility index (Phi) is 5.68. The van der Waals surface area contributed by atoms with Gasteiger partial charge in [0.05, 0.1) is 18.7 Å². The van der Waals surface area contributed by atoms with Crippen molar-refractivity contribution in [1.82, 2.24) is 0 Å². The SMILES string of the molecule is COc1ccc(C2/C(=C(/O)c3ccc4c(c3)OCCO4)C(=O)C(=O)N2c2ccc(C)cc2C)cc1. The molecule has 0 saturated carbocycles. The van der Waals surface area contributed by atoms with Crippen LogP contribution in [0.25, 0.3) is 5.76 Å². The van der Waals surface area contributed by atoms with Crippen LogP contribution in [-0.2, 0) is 9.59 Å². The van der Waals surface area contributed by atoms with E-state index in [1.165, 1.54) is 4.90 Å². The first-order valence-electron chi connectivity index (χ1n) is 11.3. The number of ether oxygens (including phenoxy) is 3. The number of aryl methyl sites for hydroxylation is 2. The summed E-state index contributed by atoms with van der Waals surface area (Å²) in [5.74, 6) is -0.0346. The molecule has 35 heavy (non-hydrogen) atoms. The number of hydrogen-bond acceptors (Lipinski definition) is 6. The lowest BCUT2D eigenvalue weighted by Crippen LogP contribution is -2.30. The highest BCUT2D eigenvalue weighted by molar-refractivity contribution is 6.51. The molecule has 178 valence electrons. The second-order valence-corrected chi connectivity index (χ2v) is 8.59. The average Bonchev–Trinajstić information content (AvgIpc) is 3.13. The predicted molar refractivity (Wildman–Crippen MR) is 131 cm³/mol. The Morgan fingerprint density at radius 3 is 2.34 bits per heavy atom. The molecular formula is C28H25NO6. The van der Waals surface area contributed by atoms with Crippen molar-refractivity contribution >= 4 is 23.1 Å².